The van der Waals surface area contributed by atoms with Crippen LogP contribution < -0.4 is 0 Å². The third-order valence-electron chi connectivity index (χ3n) is 3.57. The number of hydrogen-bond donors (Lipinski definition) is 1. The van der Waals surface area contributed by atoms with Crippen molar-refractivity contribution in [1.82, 2.24) is 25.1 Å². The molecule has 1 unspecified atom stereocenters. The van der Waals surface area contributed by atoms with Crippen LogP contribution in [0.5, 0.6) is 0 Å². The highest BCUT2D eigenvalue weighted by atomic mass is 16.4. The van der Waals surface area contributed by atoms with Crippen LogP contribution in [0.4, 0.5) is 0 Å². The van der Waals surface area contributed by atoms with Crippen LogP contribution in [-0.2, 0) is 17.9 Å². The van der Waals surface area contributed by atoms with Crippen molar-refractivity contribution in [3.8, 4) is 0 Å². The van der Waals surface area contributed by atoms with Gasteiger partial charge in [-0.2, -0.15) is 0 Å². The molecule has 1 aliphatic heterocycles. The number of likely N-dealkylation sites (tertiary alicyclic amines) is 1. The molecular formula is C12H21N5O2. The predicted molar refractivity (Wildman–Crippen MR) is 68.4 cm³/mol. The van der Waals surface area contributed by atoms with Crippen molar-refractivity contribution >= 4 is 5.97 Å². The summed E-state index contributed by atoms with van der Waals surface area (Å²) >= 11 is 0. The minimum Gasteiger partial charge on any atom is -0.480 e. The molecular weight excluding hydrogens is 246 g/mol. The summed E-state index contributed by atoms with van der Waals surface area (Å²) in [5.41, 5.74) is 0. The van der Waals surface area contributed by atoms with Crippen molar-refractivity contribution < 1.29 is 9.90 Å². The molecule has 7 heteroatoms. The summed E-state index contributed by atoms with van der Waals surface area (Å²) in [7, 11) is 0. The molecule has 1 fully saturated rings. The Labute approximate surface area is 112 Å². The first kappa shape index (κ1) is 13.9. The van der Waals surface area contributed by atoms with Crippen LogP contribution in [0.3, 0.4) is 0 Å². The molecule has 0 aromatic carbocycles. The van der Waals surface area contributed by atoms with Crippen molar-refractivity contribution in [2.45, 2.75) is 58.2 Å². The normalized spacial score (nSPS) is 20.6. The maximum atomic E-state index is 11.3. The average molecular weight is 267 g/mol. The highest BCUT2D eigenvalue weighted by Crippen LogP contribution is 2.19. The molecule has 0 amide bonds. The van der Waals surface area contributed by atoms with E-state index >= 15 is 0 Å². The zero-order valence-electron chi connectivity index (χ0n) is 11.3. The lowest BCUT2D eigenvalue weighted by molar-refractivity contribution is -0.144. The zero-order valence-corrected chi connectivity index (χ0v) is 11.3. The van der Waals surface area contributed by atoms with Crippen molar-refractivity contribution in [3.63, 3.8) is 0 Å². The summed E-state index contributed by atoms with van der Waals surface area (Å²) in [5.74, 6) is 0.0221. The fraction of sp³-hybridized carbons (Fsp3) is 0.833. The lowest BCUT2D eigenvalue weighted by atomic mass is 10.0. The van der Waals surface area contributed by atoms with Gasteiger partial charge in [-0.05, 0) is 36.2 Å². The van der Waals surface area contributed by atoms with E-state index in [2.05, 4.69) is 22.4 Å². The van der Waals surface area contributed by atoms with Crippen molar-refractivity contribution in [1.29, 1.82) is 0 Å². The number of tetrazole rings is 1. The molecule has 1 N–H and O–H groups in total. The average Bonchev–Trinajstić information content (AvgIpc) is 2.84. The second-order valence-corrected chi connectivity index (χ2v) is 4.99. The van der Waals surface area contributed by atoms with E-state index in [0.717, 1.165) is 44.6 Å². The van der Waals surface area contributed by atoms with Crippen molar-refractivity contribution in [2.75, 3.05) is 6.54 Å². The van der Waals surface area contributed by atoms with Crippen molar-refractivity contribution in [3.05, 3.63) is 5.82 Å². The summed E-state index contributed by atoms with van der Waals surface area (Å²) < 4.78 is 1.79. The van der Waals surface area contributed by atoms with Crippen LogP contribution in [0.2, 0.25) is 0 Å². The van der Waals surface area contributed by atoms with Gasteiger partial charge in [-0.25, -0.2) is 4.68 Å². The van der Waals surface area contributed by atoms with E-state index < -0.39 is 12.0 Å². The summed E-state index contributed by atoms with van der Waals surface area (Å²) in [6, 6.07) is -0.398. The van der Waals surface area contributed by atoms with Crippen LogP contribution in [0.15, 0.2) is 0 Å². The van der Waals surface area contributed by atoms with Gasteiger partial charge in [0.2, 0.25) is 0 Å². The first-order chi connectivity index (χ1) is 9.22. The monoisotopic (exact) mass is 267 g/mol. The highest BCUT2D eigenvalue weighted by Gasteiger charge is 2.29. The number of aliphatic carboxylic acids is 1. The van der Waals surface area contributed by atoms with E-state index in [1.165, 1.54) is 0 Å². The van der Waals surface area contributed by atoms with Crippen LogP contribution >= 0.6 is 0 Å². The number of hydrogen-bond acceptors (Lipinski definition) is 5. The fourth-order valence-corrected chi connectivity index (χ4v) is 2.46. The maximum absolute atomic E-state index is 11.3. The van der Waals surface area contributed by atoms with Gasteiger partial charge in [0, 0.05) is 6.54 Å². The lowest BCUT2D eigenvalue weighted by Gasteiger charge is -2.32. The molecule has 0 radical (unpaired) electrons. The number of rotatable bonds is 6. The van der Waals surface area contributed by atoms with Gasteiger partial charge in [-0.3, -0.25) is 9.69 Å². The number of carboxylic acids is 1. The minimum atomic E-state index is -0.743. The second kappa shape index (κ2) is 6.60. The van der Waals surface area contributed by atoms with E-state index in [9.17, 15) is 9.90 Å². The van der Waals surface area contributed by atoms with Crippen LogP contribution in [0.25, 0.3) is 0 Å². The lowest BCUT2D eigenvalue weighted by Crippen LogP contribution is -2.44. The number of carbonyl (C=O) groups is 1. The van der Waals surface area contributed by atoms with Gasteiger partial charge in [0.25, 0.3) is 0 Å². The predicted octanol–water partition coefficient (Wildman–Crippen LogP) is 0.912. The van der Waals surface area contributed by atoms with Crippen LogP contribution in [-0.4, -0.2) is 48.8 Å². The molecule has 1 aromatic heterocycles. The number of unbranched alkanes of at least 4 members (excludes halogenated alkanes) is 1. The number of piperidine rings is 1. The molecule has 7 nitrogen and oxygen atoms in total. The molecule has 0 spiro atoms. The van der Waals surface area contributed by atoms with Gasteiger partial charge in [0.05, 0.1) is 6.54 Å². The van der Waals surface area contributed by atoms with Crippen molar-refractivity contribution in [2.24, 2.45) is 0 Å². The summed E-state index contributed by atoms with van der Waals surface area (Å²) in [4.78, 5) is 13.2. The molecule has 1 aromatic rings. The number of aryl methyl sites for hydroxylation is 1. The topological polar surface area (TPSA) is 84.1 Å². The smallest absolute Gasteiger partial charge is 0.320 e. The Hall–Kier alpha value is -1.50. The molecule has 1 aliphatic rings. The Kier molecular flexibility index (Phi) is 4.84. The zero-order chi connectivity index (χ0) is 13.7. The third kappa shape index (κ3) is 3.50. The summed E-state index contributed by atoms with van der Waals surface area (Å²) in [6.07, 6.45) is 4.85. The molecule has 1 saturated heterocycles. The molecule has 0 bridgehead atoms. The fourth-order valence-electron chi connectivity index (χ4n) is 2.46. The van der Waals surface area contributed by atoms with Gasteiger partial charge in [0.1, 0.15) is 6.04 Å². The molecule has 19 heavy (non-hydrogen) atoms. The summed E-state index contributed by atoms with van der Waals surface area (Å²) in [5, 5.41) is 20.9. The van der Waals surface area contributed by atoms with E-state index in [1.54, 1.807) is 4.68 Å². The Balaban J connectivity index is 2.02. The largest absolute Gasteiger partial charge is 0.480 e. The first-order valence-electron chi connectivity index (χ1n) is 6.94. The van der Waals surface area contributed by atoms with Crippen LogP contribution in [0, 0.1) is 0 Å². The molecule has 1 atom stereocenters. The number of aromatic nitrogens is 4. The molecule has 2 heterocycles. The quantitative estimate of drug-likeness (QED) is 0.824. The van der Waals surface area contributed by atoms with E-state index in [4.69, 9.17) is 0 Å². The van der Waals surface area contributed by atoms with Gasteiger partial charge >= 0.3 is 5.97 Å². The molecule has 0 aliphatic carbocycles. The molecule has 0 saturated carbocycles. The SMILES string of the molecule is CCCCn1nnnc1CN1CCCCC1C(=O)O. The third-order valence-corrected chi connectivity index (χ3v) is 3.57. The Morgan fingerprint density at radius 3 is 3.05 bits per heavy atom. The van der Waals surface area contributed by atoms with Gasteiger partial charge in [-0.1, -0.05) is 19.8 Å². The first-order valence-corrected chi connectivity index (χ1v) is 6.94. The van der Waals surface area contributed by atoms with E-state index in [-0.39, 0.29) is 0 Å². The maximum Gasteiger partial charge on any atom is 0.320 e. The Morgan fingerprint density at radius 1 is 1.47 bits per heavy atom. The molecule has 2 rings (SSSR count). The summed E-state index contributed by atoms with van der Waals surface area (Å²) in [6.45, 7) is 4.24. The van der Waals surface area contributed by atoms with E-state index in [0.29, 0.717) is 13.0 Å². The Bertz CT molecular complexity index is 420. The minimum absolute atomic E-state index is 0.398. The van der Waals surface area contributed by atoms with Gasteiger partial charge < -0.3 is 5.11 Å². The second-order valence-electron chi connectivity index (χ2n) is 4.99. The molecule has 106 valence electrons. The Morgan fingerprint density at radius 2 is 2.32 bits per heavy atom. The van der Waals surface area contributed by atoms with E-state index in [1.807, 2.05) is 4.90 Å². The van der Waals surface area contributed by atoms with Crippen LogP contribution in [0.1, 0.15) is 44.9 Å². The van der Waals surface area contributed by atoms with Gasteiger partial charge in [-0.15, -0.1) is 5.10 Å². The van der Waals surface area contributed by atoms with Gasteiger partial charge in [0.15, 0.2) is 5.82 Å². The number of carboxylic acid groups (broad SMARTS) is 1. The number of nitrogens with zero attached hydrogens (tertiary/aromatic N) is 5. The standard InChI is InChI=1S/C12H21N5O2/c1-2-3-8-17-11(13-14-15-17)9-16-7-5-4-6-10(16)12(18)19/h10H,2-9H2,1H3,(H,18,19). The highest BCUT2D eigenvalue weighted by molar-refractivity contribution is 5.73.